The number of nitrogens with zero attached hydrogens (tertiary/aromatic N) is 4. The largest absolute Gasteiger partial charge is 0.334 e. The van der Waals surface area contributed by atoms with Crippen molar-refractivity contribution in [2.24, 2.45) is 12.8 Å². The van der Waals surface area contributed by atoms with Crippen molar-refractivity contribution in [3.63, 3.8) is 0 Å². The van der Waals surface area contributed by atoms with Crippen molar-refractivity contribution < 1.29 is 0 Å². The number of rotatable bonds is 4. The van der Waals surface area contributed by atoms with Crippen LogP contribution in [0.3, 0.4) is 0 Å². The lowest BCUT2D eigenvalue weighted by Gasteiger charge is -2.40. The average Bonchev–Trinajstić information content (AvgIpc) is 2.67. The molecule has 114 valence electrons. The van der Waals surface area contributed by atoms with Gasteiger partial charge in [-0.15, -0.1) is 0 Å². The highest BCUT2D eigenvalue weighted by atomic mass is 15.3. The van der Waals surface area contributed by atoms with Crippen LogP contribution in [0.1, 0.15) is 37.1 Å². The summed E-state index contributed by atoms with van der Waals surface area (Å²) in [5.41, 5.74) is 8.48. The highest BCUT2D eigenvalue weighted by Crippen LogP contribution is 2.25. The van der Waals surface area contributed by atoms with Crippen LogP contribution in [0.25, 0.3) is 0 Å². The molecular weight excluding hydrogens is 250 g/mol. The number of aryl methyl sites for hydroxylation is 2. The van der Waals surface area contributed by atoms with Gasteiger partial charge in [-0.2, -0.15) is 0 Å². The van der Waals surface area contributed by atoms with Crippen LogP contribution in [0.2, 0.25) is 0 Å². The van der Waals surface area contributed by atoms with Gasteiger partial charge in [-0.3, -0.25) is 9.80 Å². The molecule has 2 heterocycles. The summed E-state index contributed by atoms with van der Waals surface area (Å²) in [5.74, 6) is 1.07. The van der Waals surface area contributed by atoms with Crippen molar-refractivity contribution in [2.75, 3.05) is 32.7 Å². The molecule has 5 heteroatoms. The minimum Gasteiger partial charge on any atom is -0.334 e. The van der Waals surface area contributed by atoms with E-state index in [4.69, 9.17) is 5.73 Å². The van der Waals surface area contributed by atoms with Crippen molar-refractivity contribution in [1.82, 2.24) is 19.4 Å². The topological polar surface area (TPSA) is 50.3 Å². The second-order valence-corrected chi connectivity index (χ2v) is 6.11. The number of imidazole rings is 1. The van der Waals surface area contributed by atoms with Gasteiger partial charge in [0.1, 0.15) is 5.82 Å². The zero-order chi connectivity index (χ0) is 14.9. The van der Waals surface area contributed by atoms with Gasteiger partial charge >= 0.3 is 0 Å². The first-order valence-corrected chi connectivity index (χ1v) is 7.63. The zero-order valence-electron chi connectivity index (χ0n) is 13.6. The lowest BCUT2D eigenvalue weighted by atomic mass is 10.1. The molecule has 0 radical (unpaired) electrons. The molecule has 1 atom stereocenters. The maximum Gasteiger partial charge on any atom is 0.105 e. The van der Waals surface area contributed by atoms with E-state index in [0.29, 0.717) is 12.6 Å². The SMILES string of the molecule is Cc1nc(C)n(C)c1C(CN)N1CCN(C(C)C)CC1. The van der Waals surface area contributed by atoms with Crippen LogP contribution in [0.5, 0.6) is 0 Å². The van der Waals surface area contributed by atoms with E-state index in [9.17, 15) is 0 Å². The van der Waals surface area contributed by atoms with E-state index in [1.165, 1.54) is 5.69 Å². The van der Waals surface area contributed by atoms with E-state index in [2.05, 4.69) is 54.1 Å². The van der Waals surface area contributed by atoms with Crippen LogP contribution in [0, 0.1) is 13.8 Å². The van der Waals surface area contributed by atoms with Crippen LogP contribution in [0.4, 0.5) is 0 Å². The Bertz CT molecular complexity index is 443. The van der Waals surface area contributed by atoms with Gasteiger partial charge in [0.2, 0.25) is 0 Å². The summed E-state index contributed by atoms with van der Waals surface area (Å²) in [6, 6.07) is 0.921. The minimum absolute atomic E-state index is 0.288. The first-order chi connectivity index (χ1) is 9.45. The number of nitrogens with two attached hydrogens (primary N) is 1. The molecule has 1 saturated heterocycles. The molecule has 0 saturated carbocycles. The van der Waals surface area contributed by atoms with Crippen molar-refractivity contribution >= 4 is 0 Å². The molecule has 0 amide bonds. The van der Waals surface area contributed by atoms with E-state index in [1.807, 2.05) is 0 Å². The average molecular weight is 279 g/mol. The Labute approximate surface area is 122 Å². The first kappa shape index (κ1) is 15.5. The smallest absolute Gasteiger partial charge is 0.105 e. The van der Waals surface area contributed by atoms with Gasteiger partial charge in [0.25, 0.3) is 0 Å². The monoisotopic (exact) mass is 279 g/mol. The Hall–Kier alpha value is -0.910. The third-order valence-electron chi connectivity index (χ3n) is 4.61. The quantitative estimate of drug-likeness (QED) is 0.895. The first-order valence-electron chi connectivity index (χ1n) is 7.63. The molecule has 0 bridgehead atoms. The van der Waals surface area contributed by atoms with Gasteiger partial charge in [-0.05, 0) is 27.7 Å². The second kappa shape index (κ2) is 6.24. The van der Waals surface area contributed by atoms with Crippen molar-refractivity contribution in [3.8, 4) is 0 Å². The molecule has 20 heavy (non-hydrogen) atoms. The molecule has 0 spiro atoms. The molecule has 1 unspecified atom stereocenters. The van der Waals surface area contributed by atoms with Crippen LogP contribution < -0.4 is 5.73 Å². The Morgan fingerprint density at radius 1 is 1.10 bits per heavy atom. The second-order valence-electron chi connectivity index (χ2n) is 6.11. The maximum absolute atomic E-state index is 6.08. The molecule has 1 aliphatic rings. The summed E-state index contributed by atoms with van der Waals surface area (Å²) in [4.78, 5) is 9.64. The van der Waals surface area contributed by atoms with E-state index in [1.54, 1.807) is 0 Å². The van der Waals surface area contributed by atoms with Gasteiger partial charge in [0.05, 0.1) is 17.4 Å². The summed E-state index contributed by atoms with van der Waals surface area (Å²) in [7, 11) is 2.09. The van der Waals surface area contributed by atoms with Gasteiger partial charge in [-0.1, -0.05) is 0 Å². The highest BCUT2D eigenvalue weighted by molar-refractivity contribution is 5.20. The minimum atomic E-state index is 0.288. The molecule has 1 aromatic rings. The van der Waals surface area contributed by atoms with Gasteiger partial charge in [0, 0.05) is 45.8 Å². The maximum atomic E-state index is 6.08. The molecule has 0 aliphatic carbocycles. The number of hydrogen-bond donors (Lipinski definition) is 1. The van der Waals surface area contributed by atoms with Crippen molar-refractivity contribution in [1.29, 1.82) is 0 Å². The third-order valence-corrected chi connectivity index (χ3v) is 4.61. The third kappa shape index (κ3) is 2.90. The Kier molecular flexibility index (Phi) is 4.83. The van der Waals surface area contributed by atoms with Crippen LogP contribution in [-0.4, -0.2) is 58.1 Å². The fraction of sp³-hybridized carbons (Fsp3) is 0.800. The summed E-state index contributed by atoms with van der Waals surface area (Å²) in [5, 5.41) is 0. The highest BCUT2D eigenvalue weighted by Gasteiger charge is 2.28. The Morgan fingerprint density at radius 2 is 1.65 bits per heavy atom. The van der Waals surface area contributed by atoms with E-state index >= 15 is 0 Å². The van der Waals surface area contributed by atoms with Gasteiger partial charge < -0.3 is 10.3 Å². The molecule has 5 nitrogen and oxygen atoms in total. The normalized spacial score (nSPS) is 19.8. The molecule has 1 aliphatic heterocycles. The summed E-state index contributed by atoms with van der Waals surface area (Å²) < 4.78 is 2.20. The van der Waals surface area contributed by atoms with Crippen LogP contribution in [0.15, 0.2) is 0 Å². The van der Waals surface area contributed by atoms with Crippen molar-refractivity contribution in [2.45, 2.75) is 39.8 Å². The fourth-order valence-electron chi connectivity index (χ4n) is 3.26. The number of piperazine rings is 1. The van der Waals surface area contributed by atoms with E-state index in [0.717, 1.165) is 37.7 Å². The fourth-order valence-corrected chi connectivity index (χ4v) is 3.26. The molecule has 1 fully saturated rings. The van der Waals surface area contributed by atoms with Crippen molar-refractivity contribution in [3.05, 3.63) is 17.2 Å². The summed E-state index contributed by atoms with van der Waals surface area (Å²) >= 11 is 0. The lowest BCUT2D eigenvalue weighted by molar-refractivity contribution is 0.0778. The molecule has 1 aromatic heterocycles. The van der Waals surface area contributed by atoms with Gasteiger partial charge in [-0.25, -0.2) is 4.98 Å². The molecule has 0 aromatic carbocycles. The summed E-state index contributed by atoms with van der Waals surface area (Å²) in [6.07, 6.45) is 0. The predicted molar refractivity (Wildman–Crippen MR) is 82.8 cm³/mol. The molecule has 2 N–H and O–H groups in total. The number of aromatic nitrogens is 2. The Balaban J connectivity index is 2.14. The summed E-state index contributed by atoms with van der Waals surface area (Å²) in [6.45, 7) is 13.8. The van der Waals surface area contributed by atoms with E-state index < -0.39 is 0 Å². The molecule has 2 rings (SSSR count). The molecular formula is C15H29N5. The zero-order valence-corrected chi connectivity index (χ0v) is 13.6. The van der Waals surface area contributed by atoms with Crippen LogP contribution in [-0.2, 0) is 7.05 Å². The Morgan fingerprint density at radius 3 is 2.05 bits per heavy atom. The number of hydrogen-bond acceptors (Lipinski definition) is 4. The standard InChI is InChI=1S/C15H29N5/c1-11(2)19-6-8-20(9-7-19)14(10-16)15-12(3)17-13(4)18(15)5/h11,14H,6-10,16H2,1-5H3. The van der Waals surface area contributed by atoms with Gasteiger partial charge in [0.15, 0.2) is 0 Å². The van der Waals surface area contributed by atoms with Crippen LogP contribution >= 0.6 is 0 Å². The predicted octanol–water partition coefficient (Wildman–Crippen LogP) is 1.06. The van der Waals surface area contributed by atoms with E-state index in [-0.39, 0.29) is 6.04 Å². The lowest BCUT2D eigenvalue weighted by Crippen LogP contribution is -2.51.